The van der Waals surface area contributed by atoms with Crippen LogP contribution in [0.5, 0.6) is 0 Å². The monoisotopic (exact) mass is 771 g/mol. The fourth-order valence-corrected chi connectivity index (χ4v) is 6.39. The highest BCUT2D eigenvalue weighted by molar-refractivity contribution is 7.46. The van der Waals surface area contributed by atoms with Gasteiger partial charge in [0.25, 0.3) is 0 Å². The molecule has 0 spiro atoms. The lowest BCUT2D eigenvalue weighted by Crippen LogP contribution is -2.29. The summed E-state index contributed by atoms with van der Waals surface area (Å²) in [6.07, 6.45) is 41.8. The van der Waals surface area contributed by atoms with Gasteiger partial charge in [0.15, 0.2) is 6.10 Å². The third kappa shape index (κ3) is 41.2. The average Bonchev–Trinajstić information content (AvgIpc) is 3.12. The second kappa shape index (κ2) is 38.5. The molecule has 53 heavy (non-hydrogen) atoms. The highest BCUT2D eigenvalue weighted by Gasteiger charge is 2.23. The van der Waals surface area contributed by atoms with Crippen molar-refractivity contribution in [3.05, 3.63) is 36.5 Å². The summed E-state index contributed by atoms with van der Waals surface area (Å²) in [5.74, 6) is -1.08. The number of esters is 2. The van der Waals surface area contributed by atoms with Crippen molar-refractivity contribution < 1.29 is 43.0 Å². The Hall–Kier alpha value is -1.77. The van der Waals surface area contributed by atoms with Crippen LogP contribution in [0.15, 0.2) is 36.5 Å². The van der Waals surface area contributed by atoms with Crippen LogP contribution in [0, 0.1) is 0 Å². The predicted molar refractivity (Wildman–Crippen MR) is 218 cm³/mol. The molecule has 2 atom stereocenters. The van der Waals surface area contributed by atoms with Gasteiger partial charge in [0.1, 0.15) is 6.61 Å². The second-order valence-corrected chi connectivity index (χ2v) is 15.8. The Kier molecular flexibility index (Phi) is 37.2. The lowest BCUT2D eigenvalue weighted by molar-refractivity contribution is -0.161. The number of hydrogen-bond donors (Lipinski definition) is 3. The SMILES string of the molecule is CCCCCCCC/C=C/C/C=C/C=C/C(O)CCCC(=O)O[C@H](COC(=O)CCCCCCCCCCCCCCCCCCC)COP(=O)(O)O. The van der Waals surface area contributed by atoms with E-state index in [-0.39, 0.29) is 19.4 Å². The Morgan fingerprint density at radius 1 is 0.585 bits per heavy atom. The Morgan fingerprint density at radius 3 is 1.60 bits per heavy atom. The lowest BCUT2D eigenvalue weighted by Gasteiger charge is -2.18. The van der Waals surface area contributed by atoms with Gasteiger partial charge in [-0.3, -0.25) is 14.1 Å². The van der Waals surface area contributed by atoms with Crippen LogP contribution in [0.4, 0.5) is 0 Å². The molecule has 0 aromatic carbocycles. The summed E-state index contributed by atoms with van der Waals surface area (Å²) < 4.78 is 26.3. The summed E-state index contributed by atoms with van der Waals surface area (Å²) in [4.78, 5) is 42.9. The highest BCUT2D eigenvalue weighted by atomic mass is 31.2. The normalized spacial score (nSPS) is 13.4. The number of phosphoric ester groups is 1. The highest BCUT2D eigenvalue weighted by Crippen LogP contribution is 2.36. The van der Waals surface area contributed by atoms with Gasteiger partial charge >= 0.3 is 19.8 Å². The molecule has 1 unspecified atom stereocenters. The molecule has 310 valence electrons. The number of aliphatic hydroxyl groups is 1. The molecule has 0 bridgehead atoms. The zero-order valence-corrected chi connectivity index (χ0v) is 34.7. The summed E-state index contributed by atoms with van der Waals surface area (Å²) in [5.41, 5.74) is 0. The maximum absolute atomic E-state index is 12.4. The van der Waals surface area contributed by atoms with Crippen molar-refractivity contribution in [2.75, 3.05) is 13.2 Å². The molecule has 0 aliphatic rings. The van der Waals surface area contributed by atoms with E-state index in [1.54, 1.807) is 12.2 Å². The molecule has 3 N–H and O–H groups in total. The fraction of sp³-hybridized carbons (Fsp3) is 0.814. The van der Waals surface area contributed by atoms with E-state index in [0.717, 1.165) is 32.1 Å². The van der Waals surface area contributed by atoms with Crippen molar-refractivity contribution in [2.45, 2.75) is 212 Å². The molecule has 0 amide bonds. The molecule has 10 heteroatoms. The molecule has 0 aliphatic heterocycles. The van der Waals surface area contributed by atoms with Gasteiger partial charge in [-0.25, -0.2) is 4.57 Å². The molecule has 0 aromatic rings. The van der Waals surface area contributed by atoms with Crippen molar-refractivity contribution in [1.82, 2.24) is 0 Å². The van der Waals surface area contributed by atoms with Gasteiger partial charge in [0, 0.05) is 12.8 Å². The number of ether oxygens (including phenoxy) is 2. The van der Waals surface area contributed by atoms with Crippen molar-refractivity contribution in [1.29, 1.82) is 0 Å². The van der Waals surface area contributed by atoms with Gasteiger partial charge in [-0.15, -0.1) is 0 Å². The Labute approximate surface area is 324 Å². The molecule has 0 saturated carbocycles. The van der Waals surface area contributed by atoms with E-state index >= 15 is 0 Å². The predicted octanol–water partition coefficient (Wildman–Crippen LogP) is 11.9. The van der Waals surface area contributed by atoms with Crippen LogP contribution in [0.3, 0.4) is 0 Å². The van der Waals surface area contributed by atoms with Gasteiger partial charge in [-0.05, 0) is 38.5 Å². The van der Waals surface area contributed by atoms with Gasteiger partial charge < -0.3 is 24.4 Å². The Morgan fingerprint density at radius 2 is 1.08 bits per heavy atom. The summed E-state index contributed by atoms with van der Waals surface area (Å²) in [6.45, 7) is 3.53. The van der Waals surface area contributed by atoms with E-state index in [4.69, 9.17) is 19.3 Å². The zero-order chi connectivity index (χ0) is 39.1. The first-order valence-electron chi connectivity index (χ1n) is 21.4. The van der Waals surface area contributed by atoms with Crippen molar-refractivity contribution in [3.8, 4) is 0 Å². The van der Waals surface area contributed by atoms with Crippen LogP contribution in [0.2, 0.25) is 0 Å². The number of carbonyl (C=O) groups excluding carboxylic acids is 2. The topological polar surface area (TPSA) is 140 Å². The van der Waals surface area contributed by atoms with E-state index in [1.807, 2.05) is 12.2 Å². The minimum Gasteiger partial charge on any atom is -0.462 e. The minimum absolute atomic E-state index is 0.0102. The summed E-state index contributed by atoms with van der Waals surface area (Å²) in [7, 11) is -4.80. The van der Waals surface area contributed by atoms with Gasteiger partial charge in [-0.2, -0.15) is 0 Å². The van der Waals surface area contributed by atoms with E-state index in [1.165, 1.54) is 122 Å². The molecular formula is C43H79O9P. The quantitative estimate of drug-likeness (QED) is 0.0183. The molecular weight excluding hydrogens is 691 g/mol. The van der Waals surface area contributed by atoms with Crippen molar-refractivity contribution >= 4 is 19.8 Å². The molecule has 0 heterocycles. The van der Waals surface area contributed by atoms with Crippen LogP contribution in [0.1, 0.15) is 200 Å². The van der Waals surface area contributed by atoms with Gasteiger partial charge in [0.05, 0.1) is 12.7 Å². The molecule has 0 aromatic heterocycles. The van der Waals surface area contributed by atoms with E-state index in [9.17, 15) is 19.3 Å². The first-order chi connectivity index (χ1) is 25.7. The molecule has 0 aliphatic carbocycles. The van der Waals surface area contributed by atoms with Crippen LogP contribution in [0.25, 0.3) is 0 Å². The van der Waals surface area contributed by atoms with Crippen LogP contribution in [-0.4, -0.2) is 52.3 Å². The lowest BCUT2D eigenvalue weighted by atomic mass is 10.0. The van der Waals surface area contributed by atoms with E-state index < -0.39 is 38.6 Å². The van der Waals surface area contributed by atoms with E-state index in [0.29, 0.717) is 19.3 Å². The molecule has 0 radical (unpaired) electrons. The van der Waals surface area contributed by atoms with Crippen molar-refractivity contribution in [3.63, 3.8) is 0 Å². The summed E-state index contributed by atoms with van der Waals surface area (Å²) >= 11 is 0. The zero-order valence-electron chi connectivity index (χ0n) is 33.8. The number of rotatable bonds is 39. The number of aliphatic hydroxyl groups excluding tert-OH is 1. The van der Waals surface area contributed by atoms with Crippen LogP contribution in [-0.2, 0) is 28.2 Å². The summed E-state index contributed by atoms with van der Waals surface area (Å²) in [5, 5.41) is 10.2. The maximum Gasteiger partial charge on any atom is 0.469 e. The Balaban J connectivity index is 4.07. The first-order valence-corrected chi connectivity index (χ1v) is 22.9. The molecule has 9 nitrogen and oxygen atoms in total. The van der Waals surface area contributed by atoms with Gasteiger partial charge in [0.2, 0.25) is 0 Å². The number of hydrogen-bond acceptors (Lipinski definition) is 7. The first kappa shape index (κ1) is 51.2. The second-order valence-electron chi connectivity index (χ2n) is 14.5. The molecule has 0 fully saturated rings. The maximum atomic E-state index is 12.4. The summed E-state index contributed by atoms with van der Waals surface area (Å²) in [6, 6.07) is 0. The minimum atomic E-state index is -4.80. The molecule has 0 rings (SSSR count). The fourth-order valence-electron chi connectivity index (χ4n) is 6.03. The van der Waals surface area contributed by atoms with Gasteiger partial charge in [-0.1, -0.05) is 185 Å². The van der Waals surface area contributed by atoms with Crippen LogP contribution >= 0.6 is 7.82 Å². The average molecular weight is 771 g/mol. The third-order valence-electron chi connectivity index (χ3n) is 9.27. The smallest absolute Gasteiger partial charge is 0.462 e. The van der Waals surface area contributed by atoms with Crippen molar-refractivity contribution in [2.24, 2.45) is 0 Å². The number of phosphoric acid groups is 1. The number of unbranched alkanes of at least 4 members (excludes halogenated alkanes) is 22. The largest absolute Gasteiger partial charge is 0.469 e. The van der Waals surface area contributed by atoms with E-state index in [2.05, 4.69) is 30.5 Å². The van der Waals surface area contributed by atoms with Crippen LogP contribution < -0.4 is 0 Å². The number of carbonyl (C=O) groups is 2. The third-order valence-corrected chi connectivity index (χ3v) is 9.75. The standard InChI is InChI=1S/C43H79O9P/c1-3-5-7-9-11-13-15-17-18-19-20-22-24-26-28-30-32-36-42(45)50-38-41(39-51-53(47,48)49)52-43(46)37-33-35-40(44)34-31-29-27-25-23-21-16-14-12-10-8-6-4-2/h21,23,27,29,31,34,40-41,44H,3-20,22,24-26,28,30,32-33,35-39H2,1-2H3,(H2,47,48,49)/b23-21+,29-27+,34-31+/t40?,41-/m1/s1. The molecule has 0 saturated heterocycles. The number of allylic oxidation sites excluding steroid dienone is 5. The Bertz CT molecular complexity index is 975.